The number of hydrogen-bond donors (Lipinski definition) is 2. The van der Waals surface area contributed by atoms with Crippen molar-refractivity contribution in [2.45, 2.75) is 20.3 Å². The third-order valence-corrected chi connectivity index (χ3v) is 2.62. The monoisotopic (exact) mass is 300 g/mol. The predicted molar refractivity (Wildman–Crippen MR) is 80.8 cm³/mol. The zero-order valence-electron chi connectivity index (χ0n) is 11.9. The van der Waals surface area contributed by atoms with Gasteiger partial charge in [-0.25, -0.2) is 4.79 Å². The van der Waals surface area contributed by atoms with Gasteiger partial charge in [0, 0.05) is 18.2 Å². The minimum absolute atomic E-state index is 0.312. The van der Waals surface area contributed by atoms with Gasteiger partial charge in [-0.3, -0.25) is 0 Å². The van der Waals surface area contributed by atoms with E-state index in [2.05, 4.69) is 10.6 Å². The molecule has 0 aromatic heterocycles. The molecule has 0 saturated carbocycles. The summed E-state index contributed by atoms with van der Waals surface area (Å²) in [6, 6.07) is 4.82. The van der Waals surface area contributed by atoms with Crippen molar-refractivity contribution in [2.24, 2.45) is 0 Å². The van der Waals surface area contributed by atoms with Crippen LogP contribution in [0.15, 0.2) is 18.2 Å². The Morgan fingerprint density at radius 3 is 2.80 bits per heavy atom. The molecule has 2 N–H and O–H groups in total. The summed E-state index contributed by atoms with van der Waals surface area (Å²) in [5, 5.41) is 5.96. The van der Waals surface area contributed by atoms with Crippen molar-refractivity contribution in [3.63, 3.8) is 0 Å². The molecule has 0 fully saturated rings. The van der Waals surface area contributed by atoms with Crippen LogP contribution >= 0.6 is 11.6 Å². The number of hydrogen-bond acceptors (Lipinski definition) is 3. The van der Waals surface area contributed by atoms with Crippen LogP contribution in [0.25, 0.3) is 0 Å². The van der Waals surface area contributed by atoms with Gasteiger partial charge in [0.05, 0.1) is 18.9 Å². The van der Waals surface area contributed by atoms with E-state index in [0.29, 0.717) is 42.8 Å². The number of amides is 2. The van der Waals surface area contributed by atoms with E-state index in [-0.39, 0.29) is 6.03 Å². The van der Waals surface area contributed by atoms with E-state index in [0.717, 1.165) is 6.42 Å². The minimum Gasteiger partial charge on any atom is -0.491 e. The lowest BCUT2D eigenvalue weighted by Crippen LogP contribution is -2.31. The highest BCUT2D eigenvalue weighted by Crippen LogP contribution is 2.28. The van der Waals surface area contributed by atoms with Gasteiger partial charge in [0.15, 0.2) is 0 Å². The van der Waals surface area contributed by atoms with Crippen LogP contribution < -0.4 is 15.4 Å². The fourth-order valence-corrected chi connectivity index (χ4v) is 1.66. The lowest BCUT2D eigenvalue weighted by Gasteiger charge is -2.13. The molecule has 20 heavy (non-hydrogen) atoms. The fourth-order valence-electron chi connectivity index (χ4n) is 1.49. The van der Waals surface area contributed by atoms with Gasteiger partial charge in [0.25, 0.3) is 0 Å². The highest BCUT2D eigenvalue weighted by molar-refractivity contribution is 6.31. The Morgan fingerprint density at radius 2 is 2.10 bits per heavy atom. The van der Waals surface area contributed by atoms with E-state index < -0.39 is 0 Å². The smallest absolute Gasteiger partial charge is 0.319 e. The van der Waals surface area contributed by atoms with Gasteiger partial charge in [-0.15, -0.1) is 0 Å². The van der Waals surface area contributed by atoms with Crippen LogP contribution in [0.4, 0.5) is 10.5 Å². The second-order valence-electron chi connectivity index (χ2n) is 4.07. The zero-order valence-corrected chi connectivity index (χ0v) is 12.6. The number of carbonyl (C=O) groups is 1. The molecule has 2 amide bonds. The molecule has 0 saturated heterocycles. The van der Waals surface area contributed by atoms with E-state index in [9.17, 15) is 4.79 Å². The van der Waals surface area contributed by atoms with E-state index in [4.69, 9.17) is 21.1 Å². The largest absolute Gasteiger partial charge is 0.491 e. The fraction of sp³-hybridized carbons (Fsp3) is 0.500. The second-order valence-corrected chi connectivity index (χ2v) is 4.50. The summed E-state index contributed by atoms with van der Waals surface area (Å²) in [6.45, 7) is 6.08. The van der Waals surface area contributed by atoms with Crippen LogP contribution in [0.1, 0.15) is 20.3 Å². The van der Waals surface area contributed by atoms with E-state index in [1.165, 1.54) is 0 Å². The molecule has 0 radical (unpaired) electrons. The van der Waals surface area contributed by atoms with Crippen LogP contribution in [-0.4, -0.2) is 32.4 Å². The maximum atomic E-state index is 11.7. The average Bonchev–Trinajstić information content (AvgIpc) is 2.43. The number of nitrogens with one attached hydrogen (secondary N) is 2. The van der Waals surface area contributed by atoms with Gasteiger partial charge < -0.3 is 20.1 Å². The Labute approximate surface area is 124 Å². The number of ether oxygens (including phenoxy) is 2. The van der Waals surface area contributed by atoms with Gasteiger partial charge in [-0.1, -0.05) is 18.5 Å². The van der Waals surface area contributed by atoms with Crippen LogP contribution in [0.3, 0.4) is 0 Å². The second kappa shape index (κ2) is 9.44. The lowest BCUT2D eigenvalue weighted by atomic mass is 10.3. The van der Waals surface area contributed by atoms with E-state index in [1.54, 1.807) is 18.2 Å². The van der Waals surface area contributed by atoms with E-state index >= 15 is 0 Å². The van der Waals surface area contributed by atoms with Crippen molar-refractivity contribution in [1.82, 2.24) is 5.32 Å². The number of urea groups is 1. The Kier molecular flexibility index (Phi) is 7.84. The summed E-state index contributed by atoms with van der Waals surface area (Å²) >= 11 is 5.93. The van der Waals surface area contributed by atoms with E-state index in [1.807, 2.05) is 13.8 Å². The highest BCUT2D eigenvalue weighted by Gasteiger charge is 2.08. The molecule has 1 aromatic carbocycles. The Balaban J connectivity index is 2.55. The first-order valence-electron chi connectivity index (χ1n) is 6.72. The molecule has 1 rings (SSSR count). The van der Waals surface area contributed by atoms with Crippen LogP contribution in [0.2, 0.25) is 5.02 Å². The Bertz CT molecular complexity index is 427. The Hall–Kier alpha value is -1.46. The third-order valence-electron chi connectivity index (χ3n) is 2.39. The summed E-state index contributed by atoms with van der Waals surface area (Å²) in [6.07, 6.45) is 0.891. The van der Waals surface area contributed by atoms with Crippen molar-refractivity contribution in [3.8, 4) is 5.75 Å². The first-order chi connectivity index (χ1) is 9.67. The summed E-state index contributed by atoms with van der Waals surface area (Å²) in [7, 11) is 0. The third kappa shape index (κ3) is 6.12. The topological polar surface area (TPSA) is 59.6 Å². The van der Waals surface area contributed by atoms with Gasteiger partial charge in [-0.2, -0.15) is 0 Å². The number of halogens is 1. The molecule has 0 unspecified atom stereocenters. The quantitative estimate of drug-likeness (QED) is 0.724. The summed E-state index contributed by atoms with van der Waals surface area (Å²) in [4.78, 5) is 11.7. The first kappa shape index (κ1) is 16.6. The molecule has 112 valence electrons. The molecule has 0 aliphatic rings. The normalized spacial score (nSPS) is 10.2. The number of benzene rings is 1. The number of rotatable bonds is 8. The summed E-state index contributed by atoms with van der Waals surface area (Å²) in [5.74, 6) is 0.608. The van der Waals surface area contributed by atoms with Crippen molar-refractivity contribution < 1.29 is 14.3 Å². The number of carbonyl (C=O) groups excluding carboxylic acids is 1. The summed E-state index contributed by atoms with van der Waals surface area (Å²) in [5.41, 5.74) is 0.555. The number of anilines is 1. The van der Waals surface area contributed by atoms with Gasteiger partial charge in [-0.05, 0) is 31.5 Å². The predicted octanol–water partition coefficient (Wildman–Crippen LogP) is 3.29. The van der Waals surface area contributed by atoms with Crippen molar-refractivity contribution >= 4 is 23.3 Å². The van der Waals surface area contributed by atoms with Gasteiger partial charge >= 0.3 is 6.03 Å². The zero-order chi connectivity index (χ0) is 14.8. The molecule has 6 heteroatoms. The SMILES string of the molecule is CCCOc1ccc(Cl)cc1NC(=O)NCCOCC. The molecular weight excluding hydrogens is 280 g/mol. The molecule has 0 bridgehead atoms. The molecule has 0 aliphatic heterocycles. The minimum atomic E-state index is -0.312. The van der Waals surface area contributed by atoms with Gasteiger partial charge in [0.1, 0.15) is 5.75 Å². The standard InChI is InChI=1S/C14H21ClN2O3/c1-3-8-20-13-6-5-11(15)10-12(13)17-14(18)16-7-9-19-4-2/h5-6,10H,3-4,7-9H2,1-2H3,(H2,16,17,18). The van der Waals surface area contributed by atoms with Crippen molar-refractivity contribution in [2.75, 3.05) is 31.7 Å². The molecule has 0 atom stereocenters. The van der Waals surface area contributed by atoms with Crippen LogP contribution in [-0.2, 0) is 4.74 Å². The first-order valence-corrected chi connectivity index (χ1v) is 7.10. The van der Waals surface area contributed by atoms with Crippen LogP contribution in [0.5, 0.6) is 5.75 Å². The molecule has 5 nitrogen and oxygen atoms in total. The Morgan fingerprint density at radius 1 is 1.30 bits per heavy atom. The van der Waals surface area contributed by atoms with Crippen molar-refractivity contribution in [1.29, 1.82) is 0 Å². The molecule has 0 heterocycles. The molecular formula is C14H21ClN2O3. The highest BCUT2D eigenvalue weighted by atomic mass is 35.5. The maximum Gasteiger partial charge on any atom is 0.319 e. The van der Waals surface area contributed by atoms with Crippen LogP contribution in [0, 0.1) is 0 Å². The summed E-state index contributed by atoms with van der Waals surface area (Å²) < 4.78 is 10.7. The average molecular weight is 301 g/mol. The molecule has 0 aliphatic carbocycles. The van der Waals surface area contributed by atoms with Gasteiger partial charge in [0.2, 0.25) is 0 Å². The molecule has 1 aromatic rings. The maximum absolute atomic E-state index is 11.7. The molecule has 0 spiro atoms. The van der Waals surface area contributed by atoms with Crippen molar-refractivity contribution in [3.05, 3.63) is 23.2 Å². The lowest BCUT2D eigenvalue weighted by molar-refractivity contribution is 0.150.